The van der Waals surface area contributed by atoms with E-state index in [2.05, 4.69) is 13.2 Å². The molecule has 2 atom stereocenters. The molecule has 0 aromatic rings. The van der Waals surface area contributed by atoms with E-state index in [1.807, 2.05) is 27.7 Å². The van der Waals surface area contributed by atoms with Gasteiger partial charge in [-0.3, -0.25) is 19.2 Å². The summed E-state index contributed by atoms with van der Waals surface area (Å²) in [5.41, 5.74) is -0.378. The van der Waals surface area contributed by atoms with Gasteiger partial charge in [0.05, 0.1) is 64.3 Å². The molecule has 0 aliphatic carbocycles. The molecule has 0 aromatic carbocycles. The van der Waals surface area contributed by atoms with Crippen LogP contribution < -0.4 is 0 Å². The van der Waals surface area contributed by atoms with Crippen LogP contribution in [0.25, 0.3) is 0 Å². The summed E-state index contributed by atoms with van der Waals surface area (Å²) in [7, 11) is 0. The first kappa shape index (κ1) is 43.3. The van der Waals surface area contributed by atoms with Crippen molar-refractivity contribution >= 4 is 35.8 Å². The fourth-order valence-electron chi connectivity index (χ4n) is 3.60. The lowest BCUT2D eigenvalue weighted by Crippen LogP contribution is -2.28. The molecule has 0 aliphatic rings. The molecule has 268 valence electrons. The van der Waals surface area contributed by atoms with Gasteiger partial charge >= 0.3 is 35.8 Å². The zero-order chi connectivity index (χ0) is 35.5. The van der Waals surface area contributed by atoms with Crippen LogP contribution in [0.3, 0.4) is 0 Å². The van der Waals surface area contributed by atoms with Crippen LogP contribution in [0.5, 0.6) is 0 Å². The molecule has 0 saturated carbocycles. The van der Waals surface area contributed by atoms with Crippen LogP contribution in [0, 0.1) is 11.8 Å². The van der Waals surface area contributed by atoms with Crippen molar-refractivity contribution in [1.82, 2.24) is 0 Å². The molecule has 2 unspecified atom stereocenters. The molecule has 0 N–H and O–H groups in total. The molecule has 13 nitrogen and oxygen atoms in total. The maximum absolute atomic E-state index is 12.6. The van der Waals surface area contributed by atoms with Gasteiger partial charge in [0.25, 0.3) is 0 Å². The van der Waals surface area contributed by atoms with Crippen LogP contribution >= 0.6 is 0 Å². The van der Waals surface area contributed by atoms with E-state index in [0.29, 0.717) is 25.7 Å². The second-order valence-corrected chi connectivity index (χ2v) is 10.6. The Balaban J connectivity index is 4.77. The van der Waals surface area contributed by atoms with Crippen LogP contribution in [0.4, 0.5) is 0 Å². The van der Waals surface area contributed by atoms with Gasteiger partial charge in [-0.05, 0) is 25.7 Å². The Morgan fingerprint density at radius 3 is 1.09 bits per heavy atom. The molecule has 0 bridgehead atoms. The molecule has 0 fully saturated rings. The quantitative estimate of drug-likeness (QED) is 0.0491. The second kappa shape index (κ2) is 27.4. The molecule has 0 aliphatic heterocycles. The Morgan fingerprint density at radius 1 is 0.447 bits per heavy atom. The van der Waals surface area contributed by atoms with E-state index in [9.17, 15) is 28.8 Å². The standard InChI is InChI=1S/C34H54O13/c1-7-11-15-44-31(37)25(5)27(33(39)46-17-13-9-3)23-29(35)42-21-19-41-20-22-43-30(36)24-28(34(40)47-18-14-10-4)26(6)32(38)45-16-12-8-2/h27-28H,5-24H2,1-4H3. The van der Waals surface area contributed by atoms with Crippen molar-refractivity contribution in [3.05, 3.63) is 24.3 Å². The van der Waals surface area contributed by atoms with Crippen LogP contribution in [0.15, 0.2) is 24.3 Å². The average molecular weight is 671 g/mol. The minimum absolute atomic E-state index is 0.0539. The molecule has 0 saturated heterocycles. The van der Waals surface area contributed by atoms with E-state index in [1.165, 1.54) is 0 Å². The van der Waals surface area contributed by atoms with Crippen molar-refractivity contribution in [2.45, 2.75) is 91.9 Å². The summed E-state index contributed by atoms with van der Waals surface area (Å²) in [4.78, 5) is 74.8. The maximum atomic E-state index is 12.6. The van der Waals surface area contributed by atoms with Crippen molar-refractivity contribution in [1.29, 1.82) is 0 Å². The van der Waals surface area contributed by atoms with Crippen LogP contribution in [-0.2, 0) is 61.9 Å². The van der Waals surface area contributed by atoms with Gasteiger partial charge in [0, 0.05) is 11.1 Å². The highest BCUT2D eigenvalue weighted by Gasteiger charge is 2.33. The Bertz CT molecular complexity index is 926. The van der Waals surface area contributed by atoms with Crippen molar-refractivity contribution in [2.24, 2.45) is 11.8 Å². The Labute approximate surface area is 278 Å². The van der Waals surface area contributed by atoms with E-state index < -0.39 is 60.5 Å². The summed E-state index contributed by atoms with van der Waals surface area (Å²) in [5.74, 6) is -7.14. The van der Waals surface area contributed by atoms with Crippen molar-refractivity contribution in [3.8, 4) is 0 Å². The number of esters is 6. The Morgan fingerprint density at radius 2 is 0.766 bits per heavy atom. The Hall–Kier alpha value is -3.74. The summed E-state index contributed by atoms with van der Waals surface area (Å²) >= 11 is 0. The minimum atomic E-state index is -1.25. The third kappa shape index (κ3) is 20.2. The van der Waals surface area contributed by atoms with Gasteiger partial charge in [0.1, 0.15) is 13.2 Å². The zero-order valence-electron chi connectivity index (χ0n) is 28.6. The van der Waals surface area contributed by atoms with Gasteiger partial charge in [-0.1, -0.05) is 66.5 Å². The number of rotatable bonds is 28. The van der Waals surface area contributed by atoms with E-state index in [-0.39, 0.29) is 64.0 Å². The average Bonchev–Trinajstić information content (AvgIpc) is 3.05. The van der Waals surface area contributed by atoms with Crippen molar-refractivity contribution < 1.29 is 61.9 Å². The van der Waals surface area contributed by atoms with E-state index in [4.69, 9.17) is 33.2 Å². The zero-order valence-corrected chi connectivity index (χ0v) is 28.6. The number of carbonyl (C=O) groups is 6. The van der Waals surface area contributed by atoms with Crippen molar-refractivity contribution in [2.75, 3.05) is 52.9 Å². The summed E-state index contributed by atoms with van der Waals surface area (Å²) in [5, 5.41) is 0. The van der Waals surface area contributed by atoms with Crippen LogP contribution in [0.2, 0.25) is 0 Å². The highest BCUT2D eigenvalue weighted by atomic mass is 16.6. The first-order valence-corrected chi connectivity index (χ1v) is 16.5. The SMILES string of the molecule is C=C(C(=O)OCCCC)C(CC(=O)OCCOCCOC(=O)CC(C(=C)C(=O)OCCCC)C(=O)OCCCC)C(=O)OCCCC. The molecule has 47 heavy (non-hydrogen) atoms. The molecule has 0 heterocycles. The summed E-state index contributed by atoms with van der Waals surface area (Å²) in [6.45, 7) is 15.2. The van der Waals surface area contributed by atoms with Gasteiger partial charge in [-0.25, -0.2) is 9.59 Å². The maximum Gasteiger partial charge on any atom is 0.334 e. The predicted octanol–water partition coefficient (Wildman–Crippen LogP) is 4.59. The third-order valence-electron chi connectivity index (χ3n) is 6.60. The van der Waals surface area contributed by atoms with Crippen LogP contribution in [-0.4, -0.2) is 88.7 Å². The summed E-state index contributed by atoms with van der Waals surface area (Å²) in [6, 6.07) is 0. The minimum Gasteiger partial charge on any atom is -0.465 e. The number of hydrogen-bond acceptors (Lipinski definition) is 13. The highest BCUT2D eigenvalue weighted by molar-refractivity contribution is 5.97. The Kier molecular flexibility index (Phi) is 25.2. The van der Waals surface area contributed by atoms with Gasteiger partial charge in [0.2, 0.25) is 0 Å². The van der Waals surface area contributed by atoms with Gasteiger partial charge < -0.3 is 33.2 Å². The molecule has 0 rings (SSSR count). The van der Waals surface area contributed by atoms with E-state index in [1.54, 1.807) is 0 Å². The van der Waals surface area contributed by atoms with Crippen molar-refractivity contribution in [3.63, 3.8) is 0 Å². The fourth-order valence-corrected chi connectivity index (χ4v) is 3.60. The van der Waals surface area contributed by atoms with E-state index in [0.717, 1.165) is 25.7 Å². The molecule has 0 aromatic heterocycles. The normalized spacial score (nSPS) is 11.8. The highest BCUT2D eigenvalue weighted by Crippen LogP contribution is 2.20. The molecular weight excluding hydrogens is 616 g/mol. The molecule has 0 radical (unpaired) electrons. The number of hydrogen-bond donors (Lipinski definition) is 0. The monoisotopic (exact) mass is 670 g/mol. The first-order valence-electron chi connectivity index (χ1n) is 16.5. The predicted molar refractivity (Wildman–Crippen MR) is 171 cm³/mol. The molecule has 13 heteroatoms. The number of carbonyl (C=O) groups excluding carboxylic acids is 6. The lowest BCUT2D eigenvalue weighted by molar-refractivity contribution is -0.157. The first-order chi connectivity index (χ1) is 22.5. The molecule has 0 amide bonds. The largest absolute Gasteiger partial charge is 0.465 e. The molecular formula is C34H54O13. The number of unbranched alkanes of at least 4 members (excludes halogenated alkanes) is 4. The summed E-state index contributed by atoms with van der Waals surface area (Å²) in [6.07, 6.45) is 4.80. The fraction of sp³-hybridized carbons (Fsp3) is 0.706. The topological polar surface area (TPSA) is 167 Å². The lowest BCUT2D eigenvalue weighted by Gasteiger charge is -2.17. The molecule has 0 spiro atoms. The van der Waals surface area contributed by atoms with Gasteiger partial charge in [0.15, 0.2) is 0 Å². The smallest absolute Gasteiger partial charge is 0.334 e. The lowest BCUT2D eigenvalue weighted by atomic mass is 9.97. The third-order valence-corrected chi connectivity index (χ3v) is 6.60. The number of ether oxygens (including phenoxy) is 7. The van der Waals surface area contributed by atoms with Crippen LogP contribution in [0.1, 0.15) is 91.9 Å². The summed E-state index contributed by atoms with van der Waals surface area (Å²) < 4.78 is 36.2. The van der Waals surface area contributed by atoms with E-state index >= 15 is 0 Å². The van der Waals surface area contributed by atoms with Gasteiger partial charge in [-0.15, -0.1) is 0 Å². The van der Waals surface area contributed by atoms with Gasteiger partial charge in [-0.2, -0.15) is 0 Å². The second-order valence-electron chi connectivity index (χ2n) is 10.6.